The van der Waals surface area contributed by atoms with Crippen LogP contribution in [-0.4, -0.2) is 52.0 Å². The van der Waals surface area contributed by atoms with E-state index in [2.05, 4.69) is 5.32 Å². The third-order valence-electron chi connectivity index (χ3n) is 6.75. The van der Waals surface area contributed by atoms with Crippen molar-refractivity contribution < 1.29 is 18.8 Å². The van der Waals surface area contributed by atoms with Gasteiger partial charge in [-0.1, -0.05) is 30.7 Å². The number of nitrogens with zero attached hydrogens (tertiary/aromatic N) is 2. The van der Waals surface area contributed by atoms with E-state index in [1.807, 2.05) is 18.4 Å². The second-order valence-corrected chi connectivity index (χ2v) is 10.4. The van der Waals surface area contributed by atoms with E-state index in [-0.39, 0.29) is 40.8 Å². The molecule has 178 valence electrons. The second kappa shape index (κ2) is 10.5. The Hall–Kier alpha value is -2.06. The van der Waals surface area contributed by atoms with Crippen molar-refractivity contribution in [2.45, 2.75) is 56.9 Å². The van der Waals surface area contributed by atoms with Gasteiger partial charge in [0.05, 0.1) is 12.6 Å². The molecule has 1 N–H and O–H groups in total. The third kappa shape index (κ3) is 5.06. The molecule has 1 saturated carbocycles. The van der Waals surface area contributed by atoms with E-state index in [9.17, 15) is 18.8 Å². The molecule has 9 heteroatoms. The van der Waals surface area contributed by atoms with Crippen molar-refractivity contribution in [3.8, 4) is 0 Å². The van der Waals surface area contributed by atoms with E-state index in [1.54, 1.807) is 11.0 Å². The van der Waals surface area contributed by atoms with Crippen molar-refractivity contribution in [2.24, 2.45) is 11.8 Å². The first kappa shape index (κ1) is 24.1. The molecule has 1 saturated heterocycles. The van der Waals surface area contributed by atoms with Crippen LogP contribution in [0.25, 0.3) is 0 Å². The maximum atomic E-state index is 14.4. The first-order chi connectivity index (χ1) is 15.9. The summed E-state index contributed by atoms with van der Waals surface area (Å²) in [6.45, 7) is 3.04. The topological polar surface area (TPSA) is 69.7 Å². The van der Waals surface area contributed by atoms with Crippen LogP contribution in [0, 0.1) is 17.7 Å². The number of benzene rings is 1. The molecule has 4 amide bonds. The lowest BCUT2D eigenvalue weighted by Gasteiger charge is -2.43. The lowest BCUT2D eigenvalue weighted by atomic mass is 9.81. The number of hydrogen-bond acceptors (Lipinski definition) is 4. The van der Waals surface area contributed by atoms with E-state index in [0.29, 0.717) is 13.1 Å². The molecule has 33 heavy (non-hydrogen) atoms. The summed E-state index contributed by atoms with van der Waals surface area (Å²) in [5.74, 6) is -0.407. The van der Waals surface area contributed by atoms with E-state index >= 15 is 0 Å². The number of carbonyl (C=O) groups is 3. The van der Waals surface area contributed by atoms with Gasteiger partial charge in [-0.3, -0.25) is 14.5 Å². The molecule has 4 rings (SSSR count). The van der Waals surface area contributed by atoms with E-state index in [1.165, 1.54) is 28.8 Å². The van der Waals surface area contributed by atoms with Gasteiger partial charge in [0.2, 0.25) is 11.8 Å². The zero-order chi connectivity index (χ0) is 23.5. The van der Waals surface area contributed by atoms with Gasteiger partial charge in [-0.15, -0.1) is 11.8 Å². The predicted molar refractivity (Wildman–Crippen MR) is 127 cm³/mol. The Kier molecular flexibility index (Phi) is 7.64. The predicted octanol–water partition coefficient (Wildman–Crippen LogP) is 4.57. The minimum atomic E-state index is -0.468. The molecule has 1 aromatic carbocycles. The highest BCUT2D eigenvalue weighted by Gasteiger charge is 2.48. The zero-order valence-electron chi connectivity index (χ0n) is 18.6. The Morgan fingerprint density at radius 3 is 2.70 bits per heavy atom. The highest BCUT2D eigenvalue weighted by molar-refractivity contribution is 8.03. The van der Waals surface area contributed by atoms with Crippen molar-refractivity contribution in [1.82, 2.24) is 15.1 Å². The molecule has 2 fully saturated rings. The molecule has 0 aromatic heterocycles. The van der Waals surface area contributed by atoms with E-state index in [0.717, 1.165) is 32.1 Å². The quantitative estimate of drug-likeness (QED) is 0.604. The maximum Gasteiger partial charge on any atom is 0.327 e. The van der Waals surface area contributed by atoms with Crippen molar-refractivity contribution in [1.29, 1.82) is 0 Å². The molecule has 0 spiro atoms. The fourth-order valence-electron chi connectivity index (χ4n) is 4.85. The fourth-order valence-corrected chi connectivity index (χ4v) is 6.13. The van der Waals surface area contributed by atoms with Crippen molar-refractivity contribution in [3.63, 3.8) is 0 Å². The van der Waals surface area contributed by atoms with Crippen LogP contribution >= 0.6 is 23.4 Å². The van der Waals surface area contributed by atoms with Crippen LogP contribution in [-0.2, 0) is 16.1 Å². The van der Waals surface area contributed by atoms with Crippen LogP contribution in [0.2, 0.25) is 5.02 Å². The summed E-state index contributed by atoms with van der Waals surface area (Å²) in [7, 11) is 0. The normalized spacial score (nSPS) is 27.1. The summed E-state index contributed by atoms with van der Waals surface area (Å²) in [4.78, 5) is 41.7. The van der Waals surface area contributed by atoms with Crippen LogP contribution in [0.3, 0.4) is 0 Å². The van der Waals surface area contributed by atoms with Gasteiger partial charge in [-0.25, -0.2) is 9.18 Å². The minimum Gasteiger partial charge on any atom is -0.356 e. The van der Waals surface area contributed by atoms with Gasteiger partial charge in [-0.05, 0) is 55.6 Å². The number of carbonyl (C=O) groups excluding carboxylic acids is 3. The lowest BCUT2D eigenvalue weighted by Crippen LogP contribution is -2.62. The molecule has 2 heterocycles. The molecule has 2 atom stereocenters. The summed E-state index contributed by atoms with van der Waals surface area (Å²) in [5, 5.41) is 4.63. The number of hydrogen-bond donors (Lipinski definition) is 1. The van der Waals surface area contributed by atoms with Crippen LogP contribution in [0.5, 0.6) is 0 Å². The number of nitrogens with one attached hydrogen (secondary N) is 1. The summed E-state index contributed by atoms with van der Waals surface area (Å²) in [5.41, 5.74) is 0.254. The van der Waals surface area contributed by atoms with Crippen LogP contribution in [0.1, 0.15) is 44.6 Å². The van der Waals surface area contributed by atoms with Gasteiger partial charge in [0.25, 0.3) is 0 Å². The summed E-state index contributed by atoms with van der Waals surface area (Å²) < 4.78 is 14.4. The zero-order valence-corrected chi connectivity index (χ0v) is 20.2. The number of amides is 4. The molecular formula is C24H29ClFN3O3S. The summed E-state index contributed by atoms with van der Waals surface area (Å²) >= 11 is 7.61. The Balaban J connectivity index is 1.45. The average Bonchev–Trinajstić information content (AvgIpc) is 3.30. The standard InChI is InChI=1S/C24H29ClFN3O3S/c1-2-11-27-22(30)16-8-6-15(7-9-16)13-29-23(31)21-20(10-12-33-21)28(24(29)32)14-17-18(25)4-3-5-19(17)26/h3-5,10,12,15-16,20-21H,2,6-9,11,13-14H2,1H3,(H,27,30). The Morgan fingerprint density at radius 2 is 2.00 bits per heavy atom. The first-order valence-electron chi connectivity index (χ1n) is 11.6. The molecule has 0 radical (unpaired) electrons. The Labute approximate surface area is 202 Å². The van der Waals surface area contributed by atoms with E-state index < -0.39 is 23.1 Å². The largest absolute Gasteiger partial charge is 0.356 e. The molecular weight excluding hydrogens is 465 g/mol. The monoisotopic (exact) mass is 493 g/mol. The number of urea groups is 1. The van der Waals surface area contributed by atoms with Gasteiger partial charge in [-0.2, -0.15) is 0 Å². The number of fused-ring (bicyclic) bond motifs is 1. The van der Waals surface area contributed by atoms with Gasteiger partial charge < -0.3 is 10.2 Å². The fraction of sp³-hybridized carbons (Fsp3) is 0.542. The van der Waals surface area contributed by atoms with Crippen molar-refractivity contribution in [2.75, 3.05) is 13.1 Å². The molecule has 2 aliphatic heterocycles. The highest BCUT2D eigenvalue weighted by atomic mass is 35.5. The number of imide groups is 1. The number of thioether (sulfide) groups is 1. The molecule has 2 unspecified atom stereocenters. The molecule has 0 bridgehead atoms. The van der Waals surface area contributed by atoms with Crippen molar-refractivity contribution >= 4 is 41.2 Å². The van der Waals surface area contributed by atoms with Gasteiger partial charge in [0, 0.05) is 29.6 Å². The highest BCUT2D eigenvalue weighted by Crippen LogP contribution is 2.38. The number of rotatable bonds is 7. The second-order valence-electron chi connectivity index (χ2n) is 8.94. The Morgan fingerprint density at radius 1 is 1.24 bits per heavy atom. The molecule has 1 aliphatic carbocycles. The smallest absolute Gasteiger partial charge is 0.327 e. The van der Waals surface area contributed by atoms with Gasteiger partial charge in [0.1, 0.15) is 11.1 Å². The lowest BCUT2D eigenvalue weighted by molar-refractivity contribution is -0.132. The minimum absolute atomic E-state index is 0.000719. The molecule has 3 aliphatic rings. The maximum absolute atomic E-state index is 14.4. The van der Waals surface area contributed by atoms with Crippen LogP contribution in [0.4, 0.5) is 9.18 Å². The summed E-state index contributed by atoms with van der Waals surface area (Å²) in [6, 6.07) is 3.63. The van der Waals surface area contributed by atoms with Gasteiger partial charge >= 0.3 is 6.03 Å². The summed E-state index contributed by atoms with van der Waals surface area (Å²) in [6.07, 6.45) is 5.84. The van der Waals surface area contributed by atoms with Crippen LogP contribution < -0.4 is 5.32 Å². The average molecular weight is 494 g/mol. The third-order valence-corrected chi connectivity index (χ3v) is 8.20. The molecule has 6 nitrogen and oxygen atoms in total. The number of halogens is 2. The van der Waals surface area contributed by atoms with Crippen molar-refractivity contribution in [3.05, 3.63) is 46.1 Å². The first-order valence-corrected chi connectivity index (χ1v) is 12.9. The van der Waals surface area contributed by atoms with E-state index in [4.69, 9.17) is 11.6 Å². The van der Waals surface area contributed by atoms with Gasteiger partial charge in [0.15, 0.2) is 0 Å². The SMILES string of the molecule is CCCNC(=O)C1CCC(CN2C(=O)C3SC=CC3N(Cc3c(F)cccc3Cl)C2=O)CC1. The van der Waals surface area contributed by atoms with Crippen LogP contribution in [0.15, 0.2) is 29.7 Å². The Bertz CT molecular complexity index is 931. The molecule has 1 aromatic rings.